The van der Waals surface area contributed by atoms with Crippen molar-refractivity contribution in [2.75, 3.05) is 13.6 Å². The number of urea groups is 1. The summed E-state index contributed by atoms with van der Waals surface area (Å²) in [6.07, 6.45) is 2.86. The molecule has 4 atom stereocenters. The van der Waals surface area contributed by atoms with Crippen LogP contribution in [-0.2, 0) is 36.8 Å². The molecule has 17 nitrogen and oxygen atoms in total. The van der Waals surface area contributed by atoms with Gasteiger partial charge in [-0.25, -0.2) is 10.2 Å². The van der Waals surface area contributed by atoms with E-state index < -0.39 is 53.8 Å². The van der Waals surface area contributed by atoms with Crippen molar-refractivity contribution in [3.05, 3.63) is 71.9 Å². The number of nitrogens with one attached hydrogen (secondary N) is 8. The number of carbonyl (C=O) groups is 6. The number of primary amides is 1. The lowest BCUT2D eigenvalue weighted by Gasteiger charge is -2.26. The van der Waals surface area contributed by atoms with Crippen LogP contribution in [0.5, 0.6) is 0 Å². The first-order chi connectivity index (χ1) is 25.8. The van der Waals surface area contributed by atoms with Crippen LogP contribution in [0.15, 0.2) is 65.8 Å². The SMILES string of the molecule is CCC(=O)N[C@@H](Cc1ccccc1)C(=O)NNC(=O)N[C@@H](CC(C)C)C(=O)N[C@@H](CCCNC(N)=NC)C(=O)N[C@@H](Cc1c[nH]c2ccccc12)C(N)=O. The molecule has 0 fully saturated rings. The molecule has 3 rings (SSSR count). The highest BCUT2D eigenvalue weighted by molar-refractivity contribution is 5.95. The van der Waals surface area contributed by atoms with Gasteiger partial charge in [0, 0.05) is 50.0 Å². The average molecular weight is 748 g/mol. The maximum atomic E-state index is 13.7. The molecule has 3 aromatic rings. The second kappa shape index (κ2) is 21.4. The van der Waals surface area contributed by atoms with Crippen LogP contribution in [0.3, 0.4) is 0 Å². The summed E-state index contributed by atoms with van der Waals surface area (Å²) < 4.78 is 0. The number of H-pyrrole nitrogens is 1. The third kappa shape index (κ3) is 13.8. The molecule has 0 saturated carbocycles. The summed E-state index contributed by atoms with van der Waals surface area (Å²) in [4.78, 5) is 85.2. The molecule has 0 radical (unpaired) electrons. The summed E-state index contributed by atoms with van der Waals surface area (Å²) in [6.45, 7) is 5.69. The number of hydrazine groups is 1. The molecule has 0 bridgehead atoms. The van der Waals surface area contributed by atoms with Gasteiger partial charge >= 0.3 is 6.03 Å². The fraction of sp³-hybridized carbons (Fsp3) is 0.432. The highest BCUT2D eigenvalue weighted by Gasteiger charge is 2.30. The maximum absolute atomic E-state index is 13.7. The molecule has 2 aromatic carbocycles. The van der Waals surface area contributed by atoms with Gasteiger partial charge in [0.25, 0.3) is 5.91 Å². The van der Waals surface area contributed by atoms with Crippen molar-refractivity contribution in [2.24, 2.45) is 22.4 Å². The zero-order valence-electron chi connectivity index (χ0n) is 31.2. The Labute approximate surface area is 314 Å². The third-order valence-electron chi connectivity index (χ3n) is 8.49. The Bertz CT molecular complexity index is 1760. The van der Waals surface area contributed by atoms with Crippen molar-refractivity contribution in [2.45, 2.75) is 83.5 Å². The van der Waals surface area contributed by atoms with Crippen LogP contribution in [0.2, 0.25) is 0 Å². The molecule has 292 valence electrons. The fourth-order valence-electron chi connectivity index (χ4n) is 5.62. The first kappa shape index (κ1) is 42.3. The van der Waals surface area contributed by atoms with E-state index in [0.29, 0.717) is 13.0 Å². The van der Waals surface area contributed by atoms with Crippen molar-refractivity contribution in [3.63, 3.8) is 0 Å². The summed E-state index contributed by atoms with van der Waals surface area (Å²) in [7, 11) is 1.52. The van der Waals surface area contributed by atoms with Crippen LogP contribution < -0.4 is 48.9 Å². The minimum Gasteiger partial charge on any atom is -0.370 e. The number of rotatable bonds is 19. The minimum atomic E-state index is -1.14. The third-order valence-corrected chi connectivity index (χ3v) is 8.49. The van der Waals surface area contributed by atoms with Gasteiger partial charge in [-0.2, -0.15) is 0 Å². The molecule has 1 aromatic heterocycles. The standard InChI is InChI=1S/C37H53N11O6/c1-5-31(49)43-30(19-23-12-7-6-8-13-23)35(53)47-48-37(54)46-29(18-22(2)3)34(52)44-27(16-11-17-41-36(39)40-4)33(51)45-28(32(38)50)20-24-21-42-26-15-10-9-14-25(24)26/h6-10,12-15,21-22,27-30,42H,5,11,16-20H2,1-4H3,(H2,38,50)(H,43,49)(H,44,52)(H,45,51)(H,47,53)(H3,39,40,41)(H2,46,48,54)/t27-,28-,29-,30-/m0/s1. The summed E-state index contributed by atoms with van der Waals surface area (Å²) in [5, 5.41) is 14.4. The second-order valence-electron chi connectivity index (χ2n) is 13.2. The van der Waals surface area contributed by atoms with E-state index in [-0.39, 0.29) is 49.9 Å². The number of amides is 7. The number of aromatic nitrogens is 1. The number of hydrogen-bond donors (Lipinski definition) is 10. The van der Waals surface area contributed by atoms with Crippen molar-refractivity contribution in [3.8, 4) is 0 Å². The molecule has 0 aliphatic rings. The molecule has 54 heavy (non-hydrogen) atoms. The van der Waals surface area contributed by atoms with Crippen LogP contribution >= 0.6 is 0 Å². The van der Waals surface area contributed by atoms with Gasteiger partial charge in [0.1, 0.15) is 24.2 Å². The van der Waals surface area contributed by atoms with Crippen LogP contribution in [0, 0.1) is 5.92 Å². The van der Waals surface area contributed by atoms with Gasteiger partial charge in [0.2, 0.25) is 23.6 Å². The summed E-state index contributed by atoms with van der Waals surface area (Å²) >= 11 is 0. The van der Waals surface area contributed by atoms with Crippen molar-refractivity contribution in [1.82, 2.24) is 42.4 Å². The summed E-state index contributed by atoms with van der Waals surface area (Å²) in [5.74, 6) is -2.97. The van der Waals surface area contributed by atoms with E-state index in [9.17, 15) is 28.8 Å². The second-order valence-corrected chi connectivity index (χ2v) is 13.2. The lowest BCUT2D eigenvalue weighted by atomic mass is 10.0. The number of aliphatic imine (C=N–C) groups is 1. The zero-order valence-corrected chi connectivity index (χ0v) is 31.2. The largest absolute Gasteiger partial charge is 0.370 e. The van der Waals surface area contributed by atoms with E-state index in [1.807, 2.05) is 56.3 Å². The molecule has 1 heterocycles. The van der Waals surface area contributed by atoms with E-state index in [4.69, 9.17) is 11.5 Å². The van der Waals surface area contributed by atoms with E-state index in [1.54, 1.807) is 25.3 Å². The Balaban J connectivity index is 1.71. The molecule has 0 unspecified atom stereocenters. The molecule has 0 aliphatic carbocycles. The van der Waals surface area contributed by atoms with Gasteiger partial charge in [0.15, 0.2) is 5.96 Å². The molecule has 17 heteroatoms. The lowest BCUT2D eigenvalue weighted by molar-refractivity contribution is -0.132. The monoisotopic (exact) mass is 747 g/mol. The number of fused-ring (bicyclic) bond motifs is 1. The van der Waals surface area contributed by atoms with E-state index in [1.165, 1.54) is 7.05 Å². The highest BCUT2D eigenvalue weighted by atomic mass is 16.2. The predicted molar refractivity (Wildman–Crippen MR) is 205 cm³/mol. The fourth-order valence-corrected chi connectivity index (χ4v) is 5.62. The number of nitrogens with two attached hydrogens (primary N) is 2. The Morgan fingerprint density at radius 2 is 1.43 bits per heavy atom. The number of carbonyl (C=O) groups excluding carboxylic acids is 6. The number of hydrogen-bond acceptors (Lipinski definition) is 7. The summed E-state index contributed by atoms with van der Waals surface area (Å²) in [5.41, 5.74) is 18.4. The smallest absolute Gasteiger partial charge is 0.334 e. The van der Waals surface area contributed by atoms with Gasteiger partial charge in [-0.05, 0) is 42.4 Å². The number of aromatic amines is 1. The van der Waals surface area contributed by atoms with E-state index >= 15 is 0 Å². The van der Waals surface area contributed by atoms with Gasteiger partial charge < -0.3 is 43.0 Å². The number of para-hydroxylation sites is 1. The molecule has 0 spiro atoms. The van der Waals surface area contributed by atoms with Gasteiger partial charge in [0.05, 0.1) is 0 Å². The average Bonchev–Trinajstić information content (AvgIpc) is 3.56. The quantitative estimate of drug-likeness (QED) is 0.0353. The highest BCUT2D eigenvalue weighted by Crippen LogP contribution is 2.19. The zero-order chi connectivity index (χ0) is 39.6. The number of guanidine groups is 1. The van der Waals surface area contributed by atoms with Crippen LogP contribution in [0.4, 0.5) is 4.79 Å². The molecule has 12 N–H and O–H groups in total. The van der Waals surface area contributed by atoms with E-state index in [0.717, 1.165) is 22.0 Å². The van der Waals surface area contributed by atoms with Crippen LogP contribution in [0.1, 0.15) is 57.6 Å². The Kier molecular flexibility index (Phi) is 16.8. The van der Waals surface area contributed by atoms with Crippen LogP contribution in [-0.4, -0.2) is 84.3 Å². The Morgan fingerprint density at radius 1 is 0.759 bits per heavy atom. The van der Waals surface area contributed by atoms with Crippen molar-refractivity contribution < 1.29 is 28.8 Å². The predicted octanol–water partition coefficient (Wildman–Crippen LogP) is 0.362. The topological polar surface area (TPSA) is 267 Å². The first-order valence-electron chi connectivity index (χ1n) is 17.9. The van der Waals surface area contributed by atoms with Gasteiger partial charge in [-0.3, -0.25) is 34.4 Å². The Hall–Kier alpha value is -6.13. The van der Waals surface area contributed by atoms with Crippen LogP contribution in [0.25, 0.3) is 10.9 Å². The minimum absolute atomic E-state index is 0.0710. The van der Waals surface area contributed by atoms with Crippen molar-refractivity contribution in [1.29, 1.82) is 0 Å². The Morgan fingerprint density at radius 3 is 2.09 bits per heavy atom. The molecule has 7 amide bonds. The maximum Gasteiger partial charge on any atom is 0.334 e. The lowest BCUT2D eigenvalue weighted by Crippen LogP contribution is -2.59. The number of benzene rings is 2. The van der Waals surface area contributed by atoms with Gasteiger partial charge in [-0.15, -0.1) is 0 Å². The number of nitrogens with zero attached hydrogens (tertiary/aromatic N) is 1. The molecule has 0 saturated heterocycles. The molecular formula is C37H53N11O6. The molecule has 0 aliphatic heterocycles. The van der Waals surface area contributed by atoms with E-state index in [2.05, 4.69) is 47.4 Å². The normalized spacial score (nSPS) is 13.5. The van der Waals surface area contributed by atoms with Crippen molar-refractivity contribution >= 4 is 52.4 Å². The summed E-state index contributed by atoms with van der Waals surface area (Å²) in [6, 6.07) is 11.3. The first-order valence-corrected chi connectivity index (χ1v) is 17.9. The van der Waals surface area contributed by atoms with Gasteiger partial charge in [-0.1, -0.05) is 69.3 Å². The molecular weight excluding hydrogens is 694 g/mol.